The van der Waals surface area contributed by atoms with Crippen LogP contribution in [0.4, 0.5) is 0 Å². The van der Waals surface area contributed by atoms with Gasteiger partial charge in [0.15, 0.2) is 5.15 Å². The zero-order valence-corrected chi connectivity index (χ0v) is 19.2. The SMILES string of the molecule is CC(C)(C)OC(=O)COCC1CCC(Cn2nc(Cl)c(-c3ccccc3)cc2=O)CC1. The van der Waals surface area contributed by atoms with E-state index >= 15 is 0 Å². The summed E-state index contributed by atoms with van der Waals surface area (Å²) in [6.07, 6.45) is 3.99. The van der Waals surface area contributed by atoms with Crippen LogP contribution in [0.25, 0.3) is 11.1 Å². The highest BCUT2D eigenvalue weighted by Gasteiger charge is 2.23. The Morgan fingerprint density at radius 2 is 1.77 bits per heavy atom. The van der Waals surface area contributed by atoms with E-state index in [1.807, 2.05) is 51.1 Å². The topological polar surface area (TPSA) is 70.4 Å². The van der Waals surface area contributed by atoms with Gasteiger partial charge >= 0.3 is 5.97 Å². The number of rotatable bonds is 7. The van der Waals surface area contributed by atoms with Gasteiger partial charge in [-0.25, -0.2) is 9.48 Å². The summed E-state index contributed by atoms with van der Waals surface area (Å²) in [6.45, 7) is 6.64. The third-order valence-electron chi connectivity index (χ3n) is 5.43. The molecule has 6 nitrogen and oxygen atoms in total. The normalized spacial score (nSPS) is 19.2. The smallest absolute Gasteiger partial charge is 0.332 e. The highest BCUT2D eigenvalue weighted by molar-refractivity contribution is 6.32. The van der Waals surface area contributed by atoms with Gasteiger partial charge in [0.05, 0.1) is 6.61 Å². The zero-order chi connectivity index (χ0) is 22.4. The standard InChI is InChI=1S/C24H31ClN2O4/c1-24(2,3)31-22(29)16-30-15-18-11-9-17(10-12-18)14-27-21(28)13-20(23(25)26-27)19-7-5-4-6-8-19/h4-8,13,17-18H,9-12,14-16H2,1-3H3. The van der Waals surface area contributed by atoms with E-state index in [-0.39, 0.29) is 18.1 Å². The summed E-state index contributed by atoms with van der Waals surface area (Å²) in [4.78, 5) is 24.3. The Kier molecular flexibility index (Phi) is 7.89. The summed E-state index contributed by atoms with van der Waals surface area (Å²) >= 11 is 6.37. The third-order valence-corrected chi connectivity index (χ3v) is 5.71. The predicted octanol–water partition coefficient (Wildman–Crippen LogP) is 4.73. The van der Waals surface area contributed by atoms with Crippen LogP contribution in [0.1, 0.15) is 46.5 Å². The highest BCUT2D eigenvalue weighted by Crippen LogP contribution is 2.30. The molecule has 0 spiro atoms. The van der Waals surface area contributed by atoms with Crippen LogP contribution in [-0.2, 0) is 20.8 Å². The molecule has 1 fully saturated rings. The monoisotopic (exact) mass is 446 g/mol. The van der Waals surface area contributed by atoms with Crippen LogP contribution in [0.5, 0.6) is 0 Å². The van der Waals surface area contributed by atoms with Crippen molar-refractivity contribution in [2.24, 2.45) is 11.8 Å². The second-order valence-electron chi connectivity index (χ2n) is 9.22. The number of carbonyl (C=O) groups excluding carboxylic acids is 1. The van der Waals surface area contributed by atoms with Crippen molar-refractivity contribution >= 4 is 17.6 Å². The van der Waals surface area contributed by atoms with Crippen molar-refractivity contribution in [3.8, 4) is 11.1 Å². The van der Waals surface area contributed by atoms with Gasteiger partial charge in [0.25, 0.3) is 5.56 Å². The molecule has 0 radical (unpaired) electrons. The van der Waals surface area contributed by atoms with E-state index in [0.717, 1.165) is 31.2 Å². The fourth-order valence-electron chi connectivity index (χ4n) is 3.92. The van der Waals surface area contributed by atoms with Crippen molar-refractivity contribution in [3.63, 3.8) is 0 Å². The lowest BCUT2D eigenvalue weighted by atomic mass is 9.82. The van der Waals surface area contributed by atoms with Gasteiger partial charge in [0, 0.05) is 18.2 Å². The summed E-state index contributed by atoms with van der Waals surface area (Å²) in [5.74, 6) is 0.473. The second-order valence-corrected chi connectivity index (χ2v) is 9.58. The number of hydrogen-bond donors (Lipinski definition) is 0. The van der Waals surface area contributed by atoms with Crippen LogP contribution in [-0.4, -0.2) is 34.6 Å². The fraction of sp³-hybridized carbons (Fsp3) is 0.542. The van der Waals surface area contributed by atoms with Crippen molar-refractivity contribution in [2.75, 3.05) is 13.2 Å². The lowest BCUT2D eigenvalue weighted by Gasteiger charge is -2.28. The van der Waals surface area contributed by atoms with Crippen molar-refractivity contribution in [1.29, 1.82) is 0 Å². The molecule has 2 aromatic rings. The van der Waals surface area contributed by atoms with Gasteiger partial charge in [-0.3, -0.25) is 4.79 Å². The molecule has 1 aromatic carbocycles. The van der Waals surface area contributed by atoms with Crippen LogP contribution in [0.3, 0.4) is 0 Å². The largest absolute Gasteiger partial charge is 0.458 e. The molecular weight excluding hydrogens is 416 g/mol. The Labute approximate surface area is 188 Å². The first-order chi connectivity index (χ1) is 14.7. The molecule has 1 aliphatic carbocycles. The van der Waals surface area contributed by atoms with Crippen LogP contribution in [0.15, 0.2) is 41.2 Å². The molecule has 7 heteroatoms. The molecule has 31 heavy (non-hydrogen) atoms. The fourth-order valence-corrected chi connectivity index (χ4v) is 4.18. The number of esters is 1. The van der Waals surface area contributed by atoms with E-state index in [9.17, 15) is 9.59 Å². The Balaban J connectivity index is 1.47. The van der Waals surface area contributed by atoms with Gasteiger partial charge in [-0.15, -0.1) is 0 Å². The van der Waals surface area contributed by atoms with Crippen LogP contribution in [0.2, 0.25) is 5.15 Å². The van der Waals surface area contributed by atoms with Crippen LogP contribution >= 0.6 is 11.6 Å². The molecular formula is C24H31ClN2O4. The number of benzene rings is 1. The van der Waals surface area contributed by atoms with E-state index in [1.54, 1.807) is 6.07 Å². The minimum absolute atomic E-state index is 0.0111. The minimum Gasteiger partial charge on any atom is -0.458 e. The van der Waals surface area contributed by atoms with Gasteiger partial charge in [-0.2, -0.15) is 5.10 Å². The molecule has 1 saturated carbocycles. The summed E-state index contributed by atoms with van der Waals surface area (Å²) in [5.41, 5.74) is 0.920. The lowest BCUT2D eigenvalue weighted by molar-refractivity contribution is -0.160. The quantitative estimate of drug-likeness (QED) is 0.575. The summed E-state index contributed by atoms with van der Waals surface area (Å²) < 4.78 is 12.3. The number of nitrogens with zero attached hydrogens (tertiary/aromatic N) is 2. The molecule has 1 aliphatic rings. The summed E-state index contributed by atoms with van der Waals surface area (Å²) in [6, 6.07) is 11.1. The molecule has 0 aliphatic heterocycles. The first-order valence-corrected chi connectivity index (χ1v) is 11.2. The van der Waals surface area contributed by atoms with E-state index < -0.39 is 5.60 Å². The lowest BCUT2D eigenvalue weighted by Crippen LogP contribution is -2.30. The maximum Gasteiger partial charge on any atom is 0.332 e. The van der Waals surface area contributed by atoms with E-state index in [2.05, 4.69) is 5.10 Å². The van der Waals surface area contributed by atoms with Gasteiger partial charge < -0.3 is 9.47 Å². The summed E-state index contributed by atoms with van der Waals surface area (Å²) in [7, 11) is 0. The first kappa shape index (κ1) is 23.5. The predicted molar refractivity (Wildman–Crippen MR) is 121 cm³/mol. The number of halogens is 1. The minimum atomic E-state index is -0.493. The molecule has 0 bridgehead atoms. The van der Waals surface area contributed by atoms with Crippen molar-refractivity contribution in [2.45, 2.75) is 58.6 Å². The number of carbonyl (C=O) groups is 1. The summed E-state index contributed by atoms with van der Waals surface area (Å²) in [5, 5.41) is 4.70. The van der Waals surface area contributed by atoms with Crippen LogP contribution in [0, 0.1) is 11.8 Å². The molecule has 0 amide bonds. The third kappa shape index (κ3) is 7.18. The van der Waals surface area contributed by atoms with Gasteiger partial charge in [0.1, 0.15) is 12.2 Å². The number of hydrogen-bond acceptors (Lipinski definition) is 5. The van der Waals surface area contributed by atoms with Gasteiger partial charge in [0.2, 0.25) is 0 Å². The zero-order valence-electron chi connectivity index (χ0n) is 18.5. The van der Waals surface area contributed by atoms with Gasteiger partial charge in [-0.1, -0.05) is 41.9 Å². The maximum absolute atomic E-state index is 12.6. The first-order valence-electron chi connectivity index (χ1n) is 10.8. The van der Waals surface area contributed by atoms with Gasteiger partial charge in [-0.05, 0) is 63.9 Å². The average Bonchev–Trinajstić information content (AvgIpc) is 2.71. The molecule has 0 saturated heterocycles. The maximum atomic E-state index is 12.6. The molecule has 0 unspecified atom stereocenters. The molecule has 1 heterocycles. The van der Waals surface area contributed by atoms with Crippen LogP contribution < -0.4 is 5.56 Å². The van der Waals surface area contributed by atoms with E-state index in [4.69, 9.17) is 21.1 Å². The Morgan fingerprint density at radius 1 is 1.13 bits per heavy atom. The van der Waals surface area contributed by atoms with Crippen molar-refractivity contribution in [3.05, 3.63) is 51.9 Å². The molecule has 1 aromatic heterocycles. The number of ether oxygens (including phenoxy) is 2. The van der Waals surface area contributed by atoms with Crippen molar-refractivity contribution < 1.29 is 14.3 Å². The average molecular weight is 447 g/mol. The Hall–Kier alpha value is -2.18. The highest BCUT2D eigenvalue weighted by atomic mass is 35.5. The number of aromatic nitrogens is 2. The molecule has 3 rings (SSSR count). The Bertz CT molecular complexity index is 929. The molecule has 0 atom stereocenters. The van der Waals surface area contributed by atoms with E-state index in [0.29, 0.717) is 35.7 Å². The molecule has 168 valence electrons. The van der Waals surface area contributed by atoms with E-state index in [1.165, 1.54) is 4.68 Å². The van der Waals surface area contributed by atoms with Crippen molar-refractivity contribution in [1.82, 2.24) is 9.78 Å². The molecule has 0 N–H and O–H groups in total. The second kappa shape index (κ2) is 10.4. The Morgan fingerprint density at radius 3 is 2.42 bits per heavy atom.